The van der Waals surface area contributed by atoms with Gasteiger partial charge in [0.1, 0.15) is 11.5 Å². The van der Waals surface area contributed by atoms with E-state index in [0.29, 0.717) is 17.0 Å². The van der Waals surface area contributed by atoms with E-state index in [9.17, 15) is 13.2 Å². The molecule has 30 heavy (non-hydrogen) atoms. The maximum absolute atomic E-state index is 12.5. The minimum atomic E-state index is -3.77. The van der Waals surface area contributed by atoms with Gasteiger partial charge in [-0.2, -0.15) is 8.42 Å². The van der Waals surface area contributed by atoms with Crippen LogP contribution in [0.3, 0.4) is 0 Å². The van der Waals surface area contributed by atoms with Gasteiger partial charge in [0, 0.05) is 23.6 Å². The van der Waals surface area contributed by atoms with E-state index in [2.05, 4.69) is 9.38 Å². The van der Waals surface area contributed by atoms with Gasteiger partial charge in [-0.05, 0) is 43.3 Å². The quantitative estimate of drug-likeness (QED) is 0.588. The minimum absolute atomic E-state index is 0.0445. The molecule has 0 radical (unpaired) electrons. The van der Waals surface area contributed by atoms with Gasteiger partial charge in [0.2, 0.25) is 0 Å². The molecule has 2 heterocycles. The molecule has 0 spiro atoms. The molecule has 8 heteroatoms. The largest absolute Gasteiger partial charge is 0.460 e. The van der Waals surface area contributed by atoms with Gasteiger partial charge in [0.15, 0.2) is 5.84 Å². The highest BCUT2D eigenvalue weighted by Gasteiger charge is 2.32. The van der Waals surface area contributed by atoms with Gasteiger partial charge in [-0.25, -0.2) is 4.79 Å². The second kappa shape index (κ2) is 8.08. The highest BCUT2D eigenvalue weighted by Crippen LogP contribution is 2.30. The molecule has 0 aliphatic carbocycles. The van der Waals surface area contributed by atoms with E-state index in [4.69, 9.17) is 4.74 Å². The molecule has 0 atom stereocenters. The summed E-state index contributed by atoms with van der Waals surface area (Å²) >= 11 is 0. The Kier molecular flexibility index (Phi) is 5.33. The summed E-state index contributed by atoms with van der Waals surface area (Å²) in [5.74, 6) is -0.180. The first kappa shape index (κ1) is 19.8. The molecule has 152 valence electrons. The lowest BCUT2D eigenvalue weighted by Gasteiger charge is -2.24. The number of carbonyl (C=O) groups excluding carboxylic acids is 1. The fourth-order valence-electron chi connectivity index (χ4n) is 3.16. The molecule has 1 aliphatic rings. The standard InChI is InChI=1S/C22H19N3O4S/c1-16-8-10-18(11-9-16)25(13-14-29-22(26)17-5-4-12-23-15-17)21-19-6-2-3-7-20(19)30(27,28)24-21/h2-12,15H,13-14H2,1H3. The number of rotatable bonds is 5. The maximum Gasteiger partial charge on any atom is 0.339 e. The van der Waals surface area contributed by atoms with Gasteiger partial charge >= 0.3 is 5.97 Å². The summed E-state index contributed by atoms with van der Waals surface area (Å²) in [5, 5.41) is 0. The van der Waals surface area contributed by atoms with Gasteiger partial charge in [-0.15, -0.1) is 4.40 Å². The van der Waals surface area contributed by atoms with Crippen LogP contribution >= 0.6 is 0 Å². The summed E-state index contributed by atoms with van der Waals surface area (Å²) in [4.78, 5) is 18.1. The van der Waals surface area contributed by atoms with Crippen LogP contribution in [0.4, 0.5) is 5.69 Å². The van der Waals surface area contributed by atoms with Crippen LogP contribution in [0, 0.1) is 6.92 Å². The van der Waals surface area contributed by atoms with E-state index in [0.717, 1.165) is 11.3 Å². The van der Waals surface area contributed by atoms with Crippen LogP contribution in [0.2, 0.25) is 0 Å². The third-order valence-corrected chi connectivity index (χ3v) is 5.98. The lowest BCUT2D eigenvalue weighted by Crippen LogP contribution is -2.34. The van der Waals surface area contributed by atoms with Crippen molar-refractivity contribution in [1.82, 2.24) is 4.98 Å². The summed E-state index contributed by atoms with van der Waals surface area (Å²) in [6, 6.07) is 17.6. The van der Waals surface area contributed by atoms with Crippen LogP contribution < -0.4 is 4.90 Å². The Balaban J connectivity index is 1.62. The van der Waals surface area contributed by atoms with Crippen molar-refractivity contribution in [1.29, 1.82) is 0 Å². The van der Waals surface area contributed by atoms with E-state index in [1.807, 2.05) is 31.2 Å². The topological polar surface area (TPSA) is 88.9 Å². The van der Waals surface area contributed by atoms with E-state index in [-0.39, 0.29) is 18.0 Å². The average molecular weight is 421 g/mol. The van der Waals surface area contributed by atoms with Crippen LogP contribution in [0.15, 0.2) is 82.4 Å². The van der Waals surface area contributed by atoms with Gasteiger partial charge in [-0.1, -0.05) is 29.8 Å². The summed E-state index contributed by atoms with van der Waals surface area (Å²) in [6.07, 6.45) is 3.01. The van der Waals surface area contributed by atoms with Crippen molar-refractivity contribution in [3.63, 3.8) is 0 Å². The fraction of sp³-hybridized carbons (Fsp3) is 0.136. The first-order chi connectivity index (χ1) is 14.5. The molecule has 3 aromatic rings. The zero-order valence-corrected chi connectivity index (χ0v) is 17.0. The zero-order chi connectivity index (χ0) is 21.1. The lowest BCUT2D eigenvalue weighted by atomic mass is 10.1. The van der Waals surface area contributed by atoms with Gasteiger partial charge in [0.05, 0.1) is 12.1 Å². The second-order valence-corrected chi connectivity index (χ2v) is 8.32. The lowest BCUT2D eigenvalue weighted by molar-refractivity contribution is 0.0517. The molecule has 4 rings (SSSR count). The van der Waals surface area contributed by atoms with Gasteiger partial charge in [-0.3, -0.25) is 4.98 Å². The second-order valence-electron chi connectivity index (χ2n) is 6.75. The Morgan fingerprint density at radius 3 is 2.53 bits per heavy atom. The highest BCUT2D eigenvalue weighted by molar-refractivity contribution is 7.90. The Morgan fingerprint density at radius 2 is 1.80 bits per heavy atom. The van der Waals surface area contributed by atoms with Crippen LogP contribution in [0.25, 0.3) is 0 Å². The number of amidine groups is 1. The average Bonchev–Trinajstić information content (AvgIpc) is 3.03. The molecule has 2 aromatic carbocycles. The molecule has 7 nitrogen and oxygen atoms in total. The Hall–Kier alpha value is -3.52. The van der Waals surface area contributed by atoms with Crippen molar-refractivity contribution in [2.75, 3.05) is 18.1 Å². The van der Waals surface area contributed by atoms with Crippen molar-refractivity contribution in [3.8, 4) is 0 Å². The number of anilines is 1. The SMILES string of the molecule is Cc1ccc(N(CCOC(=O)c2cccnc2)C2=NS(=O)(=O)c3ccccc32)cc1. The molecule has 1 aliphatic heterocycles. The van der Waals surface area contributed by atoms with Gasteiger partial charge < -0.3 is 9.64 Å². The van der Waals surface area contributed by atoms with E-state index in [1.165, 1.54) is 12.3 Å². The Morgan fingerprint density at radius 1 is 1.03 bits per heavy atom. The molecule has 0 N–H and O–H groups in total. The number of ether oxygens (including phenoxy) is 1. The Bertz CT molecular complexity index is 1210. The van der Waals surface area contributed by atoms with E-state index >= 15 is 0 Å². The summed E-state index contributed by atoms with van der Waals surface area (Å²) in [5.41, 5.74) is 2.70. The molecule has 0 unspecified atom stereocenters. The summed E-state index contributed by atoms with van der Waals surface area (Å²) in [6.45, 7) is 2.25. The maximum atomic E-state index is 12.5. The van der Waals surface area contributed by atoms with Crippen molar-refractivity contribution >= 4 is 27.5 Å². The number of hydrogen-bond acceptors (Lipinski definition) is 6. The van der Waals surface area contributed by atoms with Gasteiger partial charge in [0.25, 0.3) is 10.0 Å². The first-order valence-corrected chi connectivity index (χ1v) is 10.8. The molecule has 1 aromatic heterocycles. The first-order valence-electron chi connectivity index (χ1n) is 9.31. The monoisotopic (exact) mass is 421 g/mol. The number of esters is 1. The molecule has 0 bridgehead atoms. The van der Waals surface area contributed by atoms with Crippen molar-refractivity contribution < 1.29 is 17.9 Å². The number of aromatic nitrogens is 1. The minimum Gasteiger partial charge on any atom is -0.460 e. The zero-order valence-electron chi connectivity index (χ0n) is 16.2. The molecule has 0 saturated heterocycles. The molecular weight excluding hydrogens is 402 g/mol. The molecule has 0 saturated carbocycles. The predicted molar refractivity (Wildman–Crippen MR) is 113 cm³/mol. The normalized spacial score (nSPS) is 14.0. The number of sulfonamides is 1. The molecule has 0 amide bonds. The summed E-state index contributed by atoms with van der Waals surface area (Å²) in [7, 11) is -3.77. The summed E-state index contributed by atoms with van der Waals surface area (Å²) < 4.78 is 34.4. The molecule has 0 fully saturated rings. The number of carbonyl (C=O) groups is 1. The smallest absolute Gasteiger partial charge is 0.339 e. The van der Waals surface area contributed by atoms with Crippen LogP contribution in [0.5, 0.6) is 0 Å². The number of pyridine rings is 1. The fourth-order valence-corrected chi connectivity index (χ4v) is 4.37. The number of aryl methyl sites for hydroxylation is 1. The number of hydrogen-bond donors (Lipinski definition) is 0. The number of benzene rings is 2. The van der Waals surface area contributed by atoms with Crippen LogP contribution in [-0.2, 0) is 14.8 Å². The Labute approximate surface area is 174 Å². The van der Waals surface area contributed by atoms with Crippen molar-refractivity contribution in [2.45, 2.75) is 11.8 Å². The molecular formula is C22H19N3O4S. The van der Waals surface area contributed by atoms with E-state index in [1.54, 1.807) is 41.4 Å². The predicted octanol–water partition coefficient (Wildman–Crippen LogP) is 3.20. The third-order valence-electron chi connectivity index (χ3n) is 4.66. The highest BCUT2D eigenvalue weighted by atomic mass is 32.2. The number of fused-ring (bicyclic) bond motifs is 1. The van der Waals surface area contributed by atoms with Crippen LogP contribution in [0.1, 0.15) is 21.5 Å². The third kappa shape index (κ3) is 3.95. The number of nitrogens with zero attached hydrogens (tertiary/aromatic N) is 3. The van der Waals surface area contributed by atoms with Crippen molar-refractivity contribution in [3.05, 3.63) is 89.7 Å². The van der Waals surface area contributed by atoms with Crippen molar-refractivity contribution in [2.24, 2.45) is 4.40 Å². The van der Waals surface area contributed by atoms with E-state index < -0.39 is 16.0 Å². The van der Waals surface area contributed by atoms with Crippen LogP contribution in [-0.4, -0.2) is 38.4 Å².